The van der Waals surface area contributed by atoms with Crippen molar-refractivity contribution in [3.8, 4) is 0 Å². The van der Waals surface area contributed by atoms with Crippen LogP contribution in [0.1, 0.15) is 76.6 Å². The minimum atomic E-state index is -0.168. The Balaban J connectivity index is 1.49. The van der Waals surface area contributed by atoms with Gasteiger partial charge in [0.05, 0.1) is 24.0 Å². The summed E-state index contributed by atoms with van der Waals surface area (Å²) in [7, 11) is 0. The summed E-state index contributed by atoms with van der Waals surface area (Å²) in [6.45, 7) is 7.96. The molecular weight excluding hydrogens is 416 g/mol. The van der Waals surface area contributed by atoms with Gasteiger partial charge in [0.2, 0.25) is 5.76 Å². The van der Waals surface area contributed by atoms with Crippen molar-refractivity contribution < 1.29 is 9.21 Å². The molecule has 1 saturated heterocycles. The summed E-state index contributed by atoms with van der Waals surface area (Å²) in [5.41, 5.74) is 3.86. The third-order valence-corrected chi connectivity index (χ3v) is 6.60. The van der Waals surface area contributed by atoms with E-state index in [1.165, 1.54) is 5.56 Å². The van der Waals surface area contributed by atoms with Gasteiger partial charge in [-0.3, -0.25) is 9.78 Å². The fourth-order valence-electron chi connectivity index (χ4n) is 5.00. The molecule has 0 bridgehead atoms. The molecule has 2 aliphatic heterocycles. The number of carbonyl (C=O) groups is 1. The lowest BCUT2D eigenvalue weighted by Crippen LogP contribution is -2.40. The maximum atomic E-state index is 13.4. The SMILES string of the molecule is Cc1nc(C)c(C(=O)N2CCCC[C@@H]2c2nc(C)c3c(n2)N(Cc2ccccn2)CCC3)o1. The second-order valence-electron chi connectivity index (χ2n) is 8.97. The molecule has 3 aromatic rings. The Morgan fingerprint density at radius 1 is 1.06 bits per heavy atom. The zero-order valence-electron chi connectivity index (χ0n) is 19.5. The van der Waals surface area contributed by atoms with E-state index in [1.807, 2.05) is 36.2 Å². The molecule has 0 unspecified atom stereocenters. The standard InChI is InChI=1S/C25H30N6O2/c1-16-20-10-8-13-30(15-19-9-4-6-12-26-19)24(20)29-23(28-16)21-11-5-7-14-31(21)25(32)22-17(2)27-18(3)33-22/h4,6,9,12,21H,5,7-8,10-11,13-15H2,1-3H3/t21-/m1/s1. The van der Waals surface area contributed by atoms with E-state index in [-0.39, 0.29) is 11.9 Å². The maximum absolute atomic E-state index is 13.4. The highest BCUT2D eigenvalue weighted by molar-refractivity contribution is 5.92. The minimum absolute atomic E-state index is 0.123. The van der Waals surface area contributed by atoms with E-state index < -0.39 is 0 Å². The van der Waals surface area contributed by atoms with Gasteiger partial charge in [-0.2, -0.15) is 0 Å². The first-order valence-corrected chi connectivity index (χ1v) is 11.8. The van der Waals surface area contributed by atoms with Crippen molar-refractivity contribution >= 4 is 11.7 Å². The van der Waals surface area contributed by atoms with Gasteiger partial charge in [-0.05, 0) is 58.1 Å². The van der Waals surface area contributed by atoms with Gasteiger partial charge < -0.3 is 14.2 Å². The van der Waals surface area contributed by atoms with Crippen molar-refractivity contribution in [2.24, 2.45) is 0 Å². The molecule has 1 atom stereocenters. The van der Waals surface area contributed by atoms with E-state index in [9.17, 15) is 4.79 Å². The van der Waals surface area contributed by atoms with Gasteiger partial charge in [-0.1, -0.05) is 6.07 Å². The predicted molar refractivity (Wildman–Crippen MR) is 124 cm³/mol. The number of nitrogens with zero attached hydrogens (tertiary/aromatic N) is 6. The monoisotopic (exact) mass is 446 g/mol. The number of fused-ring (bicyclic) bond motifs is 1. The Labute approximate surface area is 194 Å². The first kappa shape index (κ1) is 21.6. The van der Waals surface area contributed by atoms with Crippen molar-refractivity contribution in [3.63, 3.8) is 0 Å². The quantitative estimate of drug-likeness (QED) is 0.596. The van der Waals surface area contributed by atoms with Crippen LogP contribution < -0.4 is 4.90 Å². The number of likely N-dealkylation sites (tertiary alicyclic amines) is 1. The average molecular weight is 447 g/mol. The number of aromatic nitrogens is 4. The van der Waals surface area contributed by atoms with E-state index in [0.717, 1.165) is 61.7 Å². The third kappa shape index (κ3) is 4.21. The lowest BCUT2D eigenvalue weighted by atomic mass is 9.99. The lowest BCUT2D eigenvalue weighted by molar-refractivity contribution is 0.0564. The second-order valence-corrected chi connectivity index (χ2v) is 8.97. The predicted octanol–water partition coefficient (Wildman–Crippen LogP) is 4.11. The van der Waals surface area contributed by atoms with Crippen molar-refractivity contribution in [1.29, 1.82) is 0 Å². The summed E-state index contributed by atoms with van der Waals surface area (Å²) >= 11 is 0. The topological polar surface area (TPSA) is 88.3 Å². The summed E-state index contributed by atoms with van der Waals surface area (Å²) in [6, 6.07) is 5.83. The van der Waals surface area contributed by atoms with E-state index in [2.05, 4.69) is 21.8 Å². The highest BCUT2D eigenvalue weighted by atomic mass is 16.4. The van der Waals surface area contributed by atoms with Crippen LogP contribution >= 0.6 is 0 Å². The fraction of sp³-hybridized carbons (Fsp3) is 0.480. The molecule has 0 N–H and O–H groups in total. The number of aryl methyl sites for hydroxylation is 3. The number of pyridine rings is 1. The number of oxazole rings is 1. The second kappa shape index (κ2) is 8.92. The Bertz CT molecular complexity index is 1160. The van der Waals surface area contributed by atoms with Crippen LogP contribution in [0.3, 0.4) is 0 Å². The number of rotatable bonds is 4. The maximum Gasteiger partial charge on any atom is 0.292 e. The van der Waals surface area contributed by atoms with E-state index in [0.29, 0.717) is 30.4 Å². The fourth-order valence-corrected chi connectivity index (χ4v) is 5.00. The van der Waals surface area contributed by atoms with Gasteiger partial charge in [0.1, 0.15) is 5.82 Å². The van der Waals surface area contributed by atoms with Gasteiger partial charge in [-0.25, -0.2) is 15.0 Å². The molecule has 0 spiro atoms. The van der Waals surface area contributed by atoms with Gasteiger partial charge in [0, 0.05) is 37.5 Å². The third-order valence-electron chi connectivity index (χ3n) is 6.60. The Hall–Kier alpha value is -3.29. The van der Waals surface area contributed by atoms with Crippen LogP contribution in [0.25, 0.3) is 0 Å². The van der Waals surface area contributed by atoms with E-state index >= 15 is 0 Å². The summed E-state index contributed by atoms with van der Waals surface area (Å²) in [4.78, 5) is 36.4. The molecule has 2 aliphatic rings. The van der Waals surface area contributed by atoms with Crippen molar-refractivity contribution in [2.75, 3.05) is 18.0 Å². The molecule has 8 heteroatoms. The van der Waals surface area contributed by atoms with E-state index in [1.54, 1.807) is 6.92 Å². The highest BCUT2D eigenvalue weighted by Crippen LogP contribution is 2.35. The zero-order chi connectivity index (χ0) is 22.9. The van der Waals surface area contributed by atoms with Gasteiger partial charge in [0.25, 0.3) is 5.91 Å². The molecule has 8 nitrogen and oxygen atoms in total. The minimum Gasteiger partial charge on any atom is -0.436 e. The zero-order valence-corrected chi connectivity index (χ0v) is 19.5. The number of hydrogen-bond acceptors (Lipinski definition) is 7. The molecule has 33 heavy (non-hydrogen) atoms. The van der Waals surface area contributed by atoms with Gasteiger partial charge in [-0.15, -0.1) is 0 Å². The van der Waals surface area contributed by atoms with Crippen LogP contribution in [-0.2, 0) is 13.0 Å². The van der Waals surface area contributed by atoms with Crippen LogP contribution in [-0.4, -0.2) is 43.8 Å². The molecule has 3 aromatic heterocycles. The molecule has 172 valence electrons. The highest BCUT2D eigenvalue weighted by Gasteiger charge is 2.35. The molecule has 0 saturated carbocycles. The number of piperidine rings is 1. The Morgan fingerprint density at radius 3 is 2.70 bits per heavy atom. The molecule has 0 aliphatic carbocycles. The summed E-state index contributed by atoms with van der Waals surface area (Å²) in [5, 5.41) is 0. The lowest BCUT2D eigenvalue weighted by Gasteiger charge is -2.36. The van der Waals surface area contributed by atoms with Crippen molar-refractivity contribution in [3.05, 3.63) is 64.5 Å². The largest absolute Gasteiger partial charge is 0.436 e. The van der Waals surface area contributed by atoms with Crippen molar-refractivity contribution in [1.82, 2.24) is 24.8 Å². The van der Waals surface area contributed by atoms with Crippen molar-refractivity contribution in [2.45, 2.75) is 65.5 Å². The van der Waals surface area contributed by atoms with Gasteiger partial charge >= 0.3 is 0 Å². The number of amides is 1. The average Bonchev–Trinajstić information content (AvgIpc) is 3.17. The Kier molecular flexibility index (Phi) is 5.83. The summed E-state index contributed by atoms with van der Waals surface area (Å²) in [6.07, 6.45) is 6.72. The first-order valence-electron chi connectivity index (χ1n) is 11.8. The smallest absolute Gasteiger partial charge is 0.292 e. The van der Waals surface area contributed by atoms with Crippen LogP contribution in [0.4, 0.5) is 5.82 Å². The van der Waals surface area contributed by atoms with Crippen LogP contribution in [0.2, 0.25) is 0 Å². The Morgan fingerprint density at radius 2 is 1.94 bits per heavy atom. The molecular formula is C25H30N6O2. The van der Waals surface area contributed by atoms with Crippen LogP contribution in [0.15, 0.2) is 28.8 Å². The molecule has 5 rings (SSSR count). The van der Waals surface area contributed by atoms with Gasteiger partial charge in [0.15, 0.2) is 11.7 Å². The molecule has 0 aromatic carbocycles. The van der Waals surface area contributed by atoms with E-state index in [4.69, 9.17) is 14.4 Å². The summed E-state index contributed by atoms with van der Waals surface area (Å²) < 4.78 is 5.65. The summed E-state index contributed by atoms with van der Waals surface area (Å²) in [5.74, 6) is 2.42. The van der Waals surface area contributed by atoms with Crippen LogP contribution in [0, 0.1) is 20.8 Å². The molecule has 1 fully saturated rings. The number of hydrogen-bond donors (Lipinski definition) is 0. The molecule has 0 radical (unpaired) electrons. The first-order chi connectivity index (χ1) is 16.0. The number of carbonyl (C=O) groups excluding carboxylic acids is 1. The molecule has 5 heterocycles. The normalized spacial score (nSPS) is 18.3. The molecule has 1 amide bonds. The number of anilines is 1. The van der Waals surface area contributed by atoms with Crippen LogP contribution in [0.5, 0.6) is 0 Å².